The van der Waals surface area contributed by atoms with Gasteiger partial charge in [0.05, 0.1) is 5.56 Å². The molecule has 0 spiro atoms. The highest BCUT2D eigenvalue weighted by molar-refractivity contribution is 6.01. The minimum Gasteiger partial charge on any atom is -0.507 e. The Labute approximate surface area is 164 Å². The van der Waals surface area contributed by atoms with E-state index >= 15 is 0 Å². The maximum absolute atomic E-state index is 12.5. The molecule has 2 N–H and O–H groups in total. The van der Waals surface area contributed by atoms with Crippen LogP contribution in [0.4, 0.5) is 0 Å². The number of carbonyl (C=O) groups is 2. The van der Waals surface area contributed by atoms with Crippen molar-refractivity contribution < 1.29 is 14.7 Å². The number of phenolic OH excluding ortho intramolecular Hbond substituents is 1. The second-order valence-electron chi connectivity index (χ2n) is 7.11. The molecule has 0 fully saturated rings. The van der Waals surface area contributed by atoms with Gasteiger partial charge in [-0.3, -0.25) is 9.59 Å². The van der Waals surface area contributed by atoms with Crippen molar-refractivity contribution in [1.82, 2.24) is 10.2 Å². The van der Waals surface area contributed by atoms with Gasteiger partial charge in [-0.25, -0.2) is 0 Å². The summed E-state index contributed by atoms with van der Waals surface area (Å²) < 4.78 is 0. The number of amides is 2. The van der Waals surface area contributed by atoms with Crippen LogP contribution >= 0.6 is 0 Å². The molecular formula is C23H24N2O3. The number of aromatic hydroxyl groups is 1. The van der Waals surface area contributed by atoms with E-state index in [1.165, 1.54) is 0 Å². The van der Waals surface area contributed by atoms with E-state index in [1.807, 2.05) is 50.2 Å². The molecule has 3 rings (SSSR count). The van der Waals surface area contributed by atoms with E-state index < -0.39 is 0 Å². The summed E-state index contributed by atoms with van der Waals surface area (Å²) in [6.45, 7) is 4.23. The number of phenols is 1. The third-order valence-electron chi connectivity index (χ3n) is 4.86. The molecule has 5 nitrogen and oxygen atoms in total. The van der Waals surface area contributed by atoms with Crippen molar-refractivity contribution >= 4 is 22.6 Å². The molecule has 0 aliphatic rings. The zero-order chi connectivity index (χ0) is 20.3. The summed E-state index contributed by atoms with van der Waals surface area (Å²) in [5.41, 5.74) is 1.72. The van der Waals surface area contributed by atoms with Crippen molar-refractivity contribution in [2.24, 2.45) is 0 Å². The first kappa shape index (κ1) is 19.4. The number of rotatable bonds is 5. The third-order valence-corrected chi connectivity index (χ3v) is 4.86. The van der Waals surface area contributed by atoms with Gasteiger partial charge >= 0.3 is 0 Å². The van der Waals surface area contributed by atoms with Crippen molar-refractivity contribution in [2.75, 3.05) is 7.05 Å². The zero-order valence-electron chi connectivity index (χ0n) is 16.3. The lowest BCUT2D eigenvalue weighted by molar-refractivity contribution is 0.0754. The predicted octanol–water partition coefficient (Wildman–Crippen LogP) is 3.96. The molecule has 0 radical (unpaired) electrons. The number of benzene rings is 3. The Balaban J connectivity index is 1.68. The molecule has 0 heterocycles. The first-order chi connectivity index (χ1) is 13.4. The number of nitrogens with zero attached hydrogens (tertiary/aromatic N) is 1. The fourth-order valence-electron chi connectivity index (χ4n) is 2.89. The van der Waals surface area contributed by atoms with Crippen LogP contribution in [0.5, 0.6) is 5.75 Å². The van der Waals surface area contributed by atoms with Crippen LogP contribution in [-0.2, 0) is 6.54 Å². The summed E-state index contributed by atoms with van der Waals surface area (Å²) in [6.07, 6.45) is 0. The molecule has 0 saturated carbocycles. The largest absolute Gasteiger partial charge is 0.507 e. The van der Waals surface area contributed by atoms with Gasteiger partial charge in [-0.15, -0.1) is 0 Å². The van der Waals surface area contributed by atoms with E-state index in [0.717, 1.165) is 16.3 Å². The Morgan fingerprint density at radius 3 is 2.21 bits per heavy atom. The predicted molar refractivity (Wildman–Crippen MR) is 110 cm³/mol. The van der Waals surface area contributed by atoms with Gasteiger partial charge in [0.25, 0.3) is 11.8 Å². The highest BCUT2D eigenvalue weighted by Gasteiger charge is 2.15. The number of hydrogen-bond acceptors (Lipinski definition) is 3. The SMILES string of the molecule is CC(C)N(C)C(=O)c1ccc(CNC(=O)c2cc3ccccc3cc2O)cc1. The Hall–Kier alpha value is -3.34. The third kappa shape index (κ3) is 4.14. The second kappa shape index (κ2) is 8.13. The molecule has 3 aromatic rings. The molecule has 0 saturated heterocycles. The van der Waals surface area contributed by atoms with Crippen LogP contribution in [0.15, 0.2) is 60.7 Å². The van der Waals surface area contributed by atoms with Crippen LogP contribution in [0.1, 0.15) is 40.1 Å². The van der Waals surface area contributed by atoms with Crippen LogP contribution < -0.4 is 5.32 Å². The van der Waals surface area contributed by atoms with Crippen LogP contribution in [0.3, 0.4) is 0 Å². The Morgan fingerprint density at radius 1 is 1.00 bits per heavy atom. The van der Waals surface area contributed by atoms with Gasteiger partial charge in [0.15, 0.2) is 0 Å². The minimum atomic E-state index is -0.344. The van der Waals surface area contributed by atoms with E-state index in [4.69, 9.17) is 0 Å². The van der Waals surface area contributed by atoms with Gasteiger partial charge < -0.3 is 15.3 Å². The van der Waals surface area contributed by atoms with Gasteiger partial charge in [0, 0.05) is 25.2 Å². The van der Waals surface area contributed by atoms with E-state index in [0.29, 0.717) is 12.1 Å². The molecular weight excluding hydrogens is 352 g/mol. The van der Waals surface area contributed by atoms with E-state index in [2.05, 4.69) is 5.32 Å². The molecule has 144 valence electrons. The fourth-order valence-corrected chi connectivity index (χ4v) is 2.89. The monoisotopic (exact) mass is 376 g/mol. The Morgan fingerprint density at radius 2 is 1.61 bits per heavy atom. The van der Waals surface area contributed by atoms with E-state index in [1.54, 1.807) is 36.2 Å². The van der Waals surface area contributed by atoms with Crippen LogP contribution in [0, 0.1) is 0 Å². The van der Waals surface area contributed by atoms with Crippen molar-refractivity contribution in [3.8, 4) is 5.75 Å². The topological polar surface area (TPSA) is 69.6 Å². The van der Waals surface area contributed by atoms with Crippen LogP contribution in [0.25, 0.3) is 10.8 Å². The normalized spacial score (nSPS) is 10.9. The Kier molecular flexibility index (Phi) is 5.64. The molecule has 2 amide bonds. The molecule has 28 heavy (non-hydrogen) atoms. The maximum atomic E-state index is 12.5. The second-order valence-corrected chi connectivity index (χ2v) is 7.11. The van der Waals surface area contributed by atoms with Gasteiger partial charge in [-0.1, -0.05) is 36.4 Å². The highest BCUT2D eigenvalue weighted by atomic mass is 16.3. The average Bonchev–Trinajstić information content (AvgIpc) is 2.70. The van der Waals surface area contributed by atoms with E-state index in [-0.39, 0.29) is 29.2 Å². The number of hydrogen-bond donors (Lipinski definition) is 2. The summed E-state index contributed by atoms with van der Waals surface area (Å²) in [5.74, 6) is -0.427. The van der Waals surface area contributed by atoms with E-state index in [9.17, 15) is 14.7 Å². The van der Waals surface area contributed by atoms with Gasteiger partial charge in [-0.05, 0) is 54.4 Å². The summed E-state index contributed by atoms with van der Waals surface area (Å²) >= 11 is 0. The van der Waals surface area contributed by atoms with Crippen molar-refractivity contribution in [1.29, 1.82) is 0 Å². The van der Waals surface area contributed by atoms with Gasteiger partial charge in [0.1, 0.15) is 5.75 Å². The molecule has 0 atom stereocenters. The van der Waals surface area contributed by atoms with Crippen LogP contribution in [0.2, 0.25) is 0 Å². The lowest BCUT2D eigenvalue weighted by atomic mass is 10.1. The lowest BCUT2D eigenvalue weighted by Crippen LogP contribution is -2.32. The molecule has 0 aliphatic carbocycles. The smallest absolute Gasteiger partial charge is 0.255 e. The van der Waals surface area contributed by atoms with Crippen molar-refractivity contribution in [3.63, 3.8) is 0 Å². The summed E-state index contributed by atoms with van der Waals surface area (Å²) in [6, 6.07) is 18.1. The molecule has 0 unspecified atom stereocenters. The number of carbonyl (C=O) groups excluding carboxylic acids is 2. The first-order valence-corrected chi connectivity index (χ1v) is 9.23. The summed E-state index contributed by atoms with van der Waals surface area (Å²) in [4.78, 5) is 26.5. The lowest BCUT2D eigenvalue weighted by Gasteiger charge is -2.21. The summed E-state index contributed by atoms with van der Waals surface area (Å²) in [5, 5.41) is 14.8. The average molecular weight is 376 g/mol. The van der Waals surface area contributed by atoms with Gasteiger partial charge in [0.2, 0.25) is 0 Å². The molecule has 5 heteroatoms. The quantitative estimate of drug-likeness (QED) is 0.708. The molecule has 0 aromatic heterocycles. The maximum Gasteiger partial charge on any atom is 0.255 e. The molecule has 0 aliphatic heterocycles. The Bertz CT molecular complexity index is 1010. The summed E-state index contributed by atoms with van der Waals surface area (Å²) in [7, 11) is 1.77. The van der Waals surface area contributed by atoms with Gasteiger partial charge in [-0.2, -0.15) is 0 Å². The number of fused-ring (bicyclic) bond motifs is 1. The van der Waals surface area contributed by atoms with Crippen molar-refractivity contribution in [3.05, 3.63) is 77.4 Å². The molecule has 0 bridgehead atoms. The number of nitrogens with one attached hydrogen (secondary N) is 1. The molecule has 3 aromatic carbocycles. The van der Waals surface area contributed by atoms with Crippen molar-refractivity contribution in [2.45, 2.75) is 26.4 Å². The standard InChI is InChI=1S/C23H24N2O3/c1-15(2)25(3)23(28)17-10-8-16(9-11-17)14-24-22(27)20-12-18-6-4-5-7-19(18)13-21(20)26/h4-13,15,26H,14H2,1-3H3,(H,24,27). The van der Waals surface area contributed by atoms with Crippen LogP contribution in [-0.4, -0.2) is 34.9 Å². The fraction of sp³-hybridized carbons (Fsp3) is 0.217. The first-order valence-electron chi connectivity index (χ1n) is 9.23. The zero-order valence-corrected chi connectivity index (χ0v) is 16.3. The highest BCUT2D eigenvalue weighted by Crippen LogP contribution is 2.25. The minimum absolute atomic E-state index is 0.0355.